The van der Waals surface area contributed by atoms with Crippen LogP contribution in [-0.4, -0.2) is 33.0 Å². The van der Waals surface area contributed by atoms with Crippen molar-refractivity contribution in [2.45, 2.75) is 13.8 Å². The fourth-order valence-corrected chi connectivity index (χ4v) is 2.68. The molecule has 0 aliphatic heterocycles. The first-order valence-corrected chi connectivity index (χ1v) is 7.54. The van der Waals surface area contributed by atoms with Gasteiger partial charge in [0.25, 0.3) is 5.91 Å². The summed E-state index contributed by atoms with van der Waals surface area (Å²) < 4.78 is 1.58. The first-order chi connectivity index (χ1) is 11.5. The van der Waals surface area contributed by atoms with Gasteiger partial charge in [0.15, 0.2) is 5.65 Å². The predicted octanol–water partition coefficient (Wildman–Crippen LogP) is 1.87. The molecule has 7 nitrogen and oxygen atoms in total. The number of carbonyl (C=O) groups is 2. The smallest absolute Gasteiger partial charge is 0.254 e. The van der Waals surface area contributed by atoms with E-state index in [2.05, 4.69) is 10.1 Å². The van der Waals surface area contributed by atoms with E-state index in [1.165, 1.54) is 6.20 Å². The molecular weight excluding hydrogens is 306 g/mol. The summed E-state index contributed by atoms with van der Waals surface area (Å²) in [6.07, 6.45) is 3.03. The molecule has 0 atom stereocenters. The molecule has 7 heteroatoms. The Bertz CT molecular complexity index is 914. The lowest BCUT2D eigenvalue weighted by Crippen LogP contribution is -2.27. The first-order valence-electron chi connectivity index (χ1n) is 7.54. The third-order valence-corrected chi connectivity index (χ3v) is 3.84. The number of rotatable bonds is 4. The highest BCUT2D eigenvalue weighted by Crippen LogP contribution is 2.24. The Kier molecular flexibility index (Phi) is 3.99. The Balaban J connectivity index is 2.05. The van der Waals surface area contributed by atoms with E-state index in [9.17, 15) is 9.59 Å². The number of aromatic nitrogens is 3. The standard InChI is InChI=1S/C17H17N5O2/c1-3-21(11(2)23)13-6-4-12(5-7-13)15-8-9-19-17-14(16(18)24)10-20-22(15)17/h4-10H,3H2,1-2H3,(H2,18,24). The first kappa shape index (κ1) is 15.7. The zero-order chi connectivity index (χ0) is 17.3. The zero-order valence-electron chi connectivity index (χ0n) is 13.4. The lowest BCUT2D eigenvalue weighted by atomic mass is 10.1. The molecular formula is C17H17N5O2. The van der Waals surface area contributed by atoms with Crippen LogP contribution in [0.1, 0.15) is 24.2 Å². The number of nitrogens with zero attached hydrogens (tertiary/aromatic N) is 4. The number of amides is 2. The van der Waals surface area contributed by atoms with Gasteiger partial charge in [-0.3, -0.25) is 9.59 Å². The molecule has 122 valence electrons. The molecule has 0 fully saturated rings. The van der Waals surface area contributed by atoms with Gasteiger partial charge in [-0.05, 0) is 25.1 Å². The van der Waals surface area contributed by atoms with Gasteiger partial charge in [0.2, 0.25) is 5.91 Å². The highest BCUT2D eigenvalue weighted by atomic mass is 16.2. The van der Waals surface area contributed by atoms with Crippen LogP contribution >= 0.6 is 0 Å². The molecule has 3 aromatic rings. The van der Waals surface area contributed by atoms with Crippen LogP contribution in [0.25, 0.3) is 16.9 Å². The quantitative estimate of drug-likeness (QED) is 0.793. The number of anilines is 1. The van der Waals surface area contributed by atoms with Gasteiger partial charge in [-0.2, -0.15) is 5.10 Å². The molecule has 3 rings (SSSR count). The molecule has 2 aromatic heterocycles. The number of carbonyl (C=O) groups excluding carboxylic acids is 2. The largest absolute Gasteiger partial charge is 0.365 e. The fourth-order valence-electron chi connectivity index (χ4n) is 2.68. The molecule has 2 heterocycles. The topological polar surface area (TPSA) is 93.6 Å². The highest BCUT2D eigenvalue weighted by molar-refractivity contribution is 5.98. The second-order valence-corrected chi connectivity index (χ2v) is 5.30. The Morgan fingerprint density at radius 3 is 2.50 bits per heavy atom. The van der Waals surface area contributed by atoms with Crippen molar-refractivity contribution in [1.82, 2.24) is 14.6 Å². The van der Waals surface area contributed by atoms with Crippen molar-refractivity contribution >= 4 is 23.1 Å². The zero-order valence-corrected chi connectivity index (χ0v) is 13.4. The van der Waals surface area contributed by atoms with Crippen molar-refractivity contribution in [3.63, 3.8) is 0 Å². The summed E-state index contributed by atoms with van der Waals surface area (Å²) in [5, 5.41) is 4.21. The number of primary amides is 1. The second kappa shape index (κ2) is 6.11. The third-order valence-electron chi connectivity index (χ3n) is 3.84. The van der Waals surface area contributed by atoms with Crippen molar-refractivity contribution in [2.24, 2.45) is 5.73 Å². The van der Waals surface area contributed by atoms with Crippen molar-refractivity contribution < 1.29 is 9.59 Å². The maximum Gasteiger partial charge on any atom is 0.254 e. The van der Waals surface area contributed by atoms with Gasteiger partial charge in [0.05, 0.1) is 11.9 Å². The minimum absolute atomic E-state index is 0.00488. The number of hydrogen-bond acceptors (Lipinski definition) is 4. The van der Waals surface area contributed by atoms with Crippen molar-refractivity contribution in [3.8, 4) is 11.3 Å². The maximum atomic E-state index is 11.6. The molecule has 0 spiro atoms. The Morgan fingerprint density at radius 1 is 1.21 bits per heavy atom. The highest BCUT2D eigenvalue weighted by Gasteiger charge is 2.14. The van der Waals surface area contributed by atoms with Crippen molar-refractivity contribution in [2.75, 3.05) is 11.4 Å². The van der Waals surface area contributed by atoms with E-state index in [1.807, 2.05) is 37.3 Å². The normalized spacial score (nSPS) is 10.8. The summed E-state index contributed by atoms with van der Waals surface area (Å²) in [6.45, 7) is 4.07. The molecule has 0 aliphatic carbocycles. The van der Waals surface area contributed by atoms with Gasteiger partial charge in [-0.1, -0.05) is 12.1 Å². The average Bonchev–Trinajstić information content (AvgIpc) is 3.00. The summed E-state index contributed by atoms with van der Waals surface area (Å²) in [5.74, 6) is -0.570. The average molecular weight is 323 g/mol. The van der Waals surface area contributed by atoms with Gasteiger partial charge in [-0.25, -0.2) is 9.50 Å². The van der Waals surface area contributed by atoms with Crippen LogP contribution in [0.3, 0.4) is 0 Å². The van der Waals surface area contributed by atoms with E-state index >= 15 is 0 Å². The van der Waals surface area contributed by atoms with E-state index in [4.69, 9.17) is 5.73 Å². The molecule has 0 unspecified atom stereocenters. The number of benzene rings is 1. The molecule has 1 aromatic carbocycles. The molecule has 0 saturated carbocycles. The van der Waals surface area contributed by atoms with Gasteiger partial charge in [0, 0.05) is 30.9 Å². The molecule has 2 amide bonds. The van der Waals surface area contributed by atoms with E-state index < -0.39 is 5.91 Å². The summed E-state index contributed by atoms with van der Waals surface area (Å²) in [6, 6.07) is 9.38. The van der Waals surface area contributed by atoms with Crippen LogP contribution in [-0.2, 0) is 4.79 Å². The second-order valence-electron chi connectivity index (χ2n) is 5.30. The van der Waals surface area contributed by atoms with Gasteiger partial charge in [-0.15, -0.1) is 0 Å². The van der Waals surface area contributed by atoms with E-state index in [1.54, 1.807) is 22.5 Å². The van der Waals surface area contributed by atoms with E-state index in [0.29, 0.717) is 12.2 Å². The lowest BCUT2D eigenvalue weighted by Gasteiger charge is -2.19. The van der Waals surface area contributed by atoms with Crippen LogP contribution in [0.4, 0.5) is 5.69 Å². The van der Waals surface area contributed by atoms with E-state index in [0.717, 1.165) is 16.9 Å². The molecule has 24 heavy (non-hydrogen) atoms. The Labute approximate surface area is 138 Å². The monoisotopic (exact) mass is 323 g/mol. The number of nitrogens with two attached hydrogens (primary N) is 1. The third kappa shape index (κ3) is 2.60. The summed E-state index contributed by atoms with van der Waals surface area (Å²) in [5.41, 5.74) is 8.55. The Hall–Kier alpha value is -3.22. The fraction of sp³-hybridized carbons (Fsp3) is 0.176. The van der Waals surface area contributed by atoms with Crippen LogP contribution in [0.5, 0.6) is 0 Å². The van der Waals surface area contributed by atoms with Crippen molar-refractivity contribution in [3.05, 3.63) is 48.3 Å². The molecule has 0 radical (unpaired) electrons. The van der Waals surface area contributed by atoms with Gasteiger partial charge < -0.3 is 10.6 Å². The van der Waals surface area contributed by atoms with Gasteiger partial charge in [0.1, 0.15) is 5.56 Å². The SMILES string of the molecule is CCN(C(C)=O)c1ccc(-c2ccnc3c(C(N)=O)cnn23)cc1. The molecule has 0 aliphatic rings. The summed E-state index contributed by atoms with van der Waals surface area (Å²) >= 11 is 0. The minimum atomic E-state index is -0.565. The van der Waals surface area contributed by atoms with Crippen LogP contribution in [0.2, 0.25) is 0 Å². The van der Waals surface area contributed by atoms with Crippen LogP contribution in [0, 0.1) is 0 Å². The lowest BCUT2D eigenvalue weighted by molar-refractivity contribution is -0.116. The number of fused-ring (bicyclic) bond motifs is 1. The van der Waals surface area contributed by atoms with Crippen molar-refractivity contribution in [1.29, 1.82) is 0 Å². The maximum absolute atomic E-state index is 11.6. The molecule has 0 saturated heterocycles. The van der Waals surface area contributed by atoms with E-state index in [-0.39, 0.29) is 11.5 Å². The Morgan fingerprint density at radius 2 is 1.92 bits per heavy atom. The van der Waals surface area contributed by atoms with Crippen LogP contribution < -0.4 is 10.6 Å². The minimum Gasteiger partial charge on any atom is -0.365 e. The van der Waals surface area contributed by atoms with Crippen LogP contribution in [0.15, 0.2) is 42.7 Å². The number of hydrogen-bond donors (Lipinski definition) is 1. The predicted molar refractivity (Wildman–Crippen MR) is 90.6 cm³/mol. The molecule has 0 bridgehead atoms. The summed E-state index contributed by atoms with van der Waals surface area (Å²) in [4.78, 5) is 28.9. The summed E-state index contributed by atoms with van der Waals surface area (Å²) in [7, 11) is 0. The molecule has 2 N–H and O–H groups in total. The van der Waals surface area contributed by atoms with Gasteiger partial charge >= 0.3 is 0 Å².